The van der Waals surface area contributed by atoms with E-state index in [1.807, 2.05) is 19.1 Å². The van der Waals surface area contributed by atoms with Crippen molar-refractivity contribution in [2.45, 2.75) is 25.8 Å². The van der Waals surface area contributed by atoms with Crippen LogP contribution >= 0.6 is 0 Å². The zero-order chi connectivity index (χ0) is 12.0. The van der Waals surface area contributed by atoms with E-state index in [1.165, 1.54) is 0 Å². The molecule has 0 bridgehead atoms. The molecule has 1 saturated heterocycles. The van der Waals surface area contributed by atoms with Gasteiger partial charge in [0.15, 0.2) is 0 Å². The number of rotatable bonds is 0. The van der Waals surface area contributed by atoms with Gasteiger partial charge < -0.3 is 10.2 Å². The zero-order valence-electron chi connectivity index (χ0n) is 9.69. The largest absolute Gasteiger partial charge is 0.327 e. The van der Waals surface area contributed by atoms with Crippen LogP contribution in [0.15, 0.2) is 18.2 Å². The second-order valence-corrected chi connectivity index (χ2v) is 4.64. The molecule has 0 radical (unpaired) electrons. The summed E-state index contributed by atoms with van der Waals surface area (Å²) in [5.74, 6) is -0.0702. The molecule has 1 atom stereocenters. The lowest BCUT2D eigenvalue weighted by Crippen LogP contribution is -2.40. The smallest absolute Gasteiger partial charge is 0.256 e. The minimum absolute atomic E-state index is 0.0149. The number of hydrogen-bond donors (Lipinski definition) is 1. The Bertz CT molecular complexity index is 510. The molecule has 1 aromatic rings. The summed E-state index contributed by atoms with van der Waals surface area (Å²) in [5, 5.41) is 2.86. The average Bonchev–Trinajstić information content (AvgIpc) is 2.73. The van der Waals surface area contributed by atoms with E-state index in [9.17, 15) is 9.59 Å². The maximum atomic E-state index is 12.4. The molecule has 88 valence electrons. The Morgan fingerprint density at radius 3 is 3.00 bits per heavy atom. The normalized spacial score (nSPS) is 22.9. The molecule has 4 nitrogen and oxygen atoms in total. The molecule has 2 heterocycles. The van der Waals surface area contributed by atoms with Crippen molar-refractivity contribution in [3.8, 4) is 0 Å². The Labute approximate surface area is 99.6 Å². The first-order valence-electron chi connectivity index (χ1n) is 5.90. The van der Waals surface area contributed by atoms with Crippen molar-refractivity contribution in [2.24, 2.45) is 0 Å². The standard InChI is InChI=1S/C13H14N2O2/c1-8-4-2-5-9-11(8)13(17)15-7-3-6-10(15)12(16)14-9/h2,4-5,10H,3,6-7H2,1H3,(H,14,16)/t10-/m0/s1. The van der Waals surface area contributed by atoms with E-state index in [4.69, 9.17) is 0 Å². The van der Waals surface area contributed by atoms with Crippen LogP contribution in [0.1, 0.15) is 28.8 Å². The monoisotopic (exact) mass is 230 g/mol. The van der Waals surface area contributed by atoms with Gasteiger partial charge in [-0.25, -0.2) is 0 Å². The Hall–Kier alpha value is -1.84. The van der Waals surface area contributed by atoms with Crippen molar-refractivity contribution in [1.82, 2.24) is 4.90 Å². The van der Waals surface area contributed by atoms with Crippen molar-refractivity contribution in [1.29, 1.82) is 0 Å². The van der Waals surface area contributed by atoms with Crippen LogP contribution in [0.25, 0.3) is 0 Å². The summed E-state index contributed by atoms with van der Waals surface area (Å²) in [4.78, 5) is 26.1. The van der Waals surface area contributed by atoms with Gasteiger partial charge in [0.2, 0.25) is 5.91 Å². The lowest BCUT2D eigenvalue weighted by atomic mass is 10.1. The highest BCUT2D eigenvalue weighted by atomic mass is 16.2. The maximum Gasteiger partial charge on any atom is 0.256 e. The van der Waals surface area contributed by atoms with Crippen LogP contribution < -0.4 is 5.32 Å². The summed E-state index contributed by atoms with van der Waals surface area (Å²) in [6, 6.07) is 5.27. The molecule has 0 saturated carbocycles. The minimum atomic E-state index is -0.283. The van der Waals surface area contributed by atoms with Crippen LogP contribution in [0.2, 0.25) is 0 Å². The lowest BCUT2D eigenvalue weighted by Gasteiger charge is -2.20. The quantitative estimate of drug-likeness (QED) is 0.735. The first kappa shape index (κ1) is 10.3. The molecule has 2 amide bonds. The fraction of sp³-hybridized carbons (Fsp3) is 0.385. The van der Waals surface area contributed by atoms with E-state index in [2.05, 4.69) is 5.32 Å². The third-order valence-corrected chi connectivity index (χ3v) is 3.56. The third kappa shape index (κ3) is 1.44. The van der Waals surface area contributed by atoms with E-state index in [1.54, 1.807) is 11.0 Å². The fourth-order valence-corrected chi connectivity index (χ4v) is 2.70. The van der Waals surface area contributed by atoms with Gasteiger partial charge in [-0.15, -0.1) is 0 Å². The van der Waals surface area contributed by atoms with E-state index in [0.29, 0.717) is 17.8 Å². The average molecular weight is 230 g/mol. The van der Waals surface area contributed by atoms with E-state index in [0.717, 1.165) is 18.4 Å². The van der Waals surface area contributed by atoms with Gasteiger partial charge in [-0.2, -0.15) is 0 Å². The molecule has 4 heteroatoms. The number of anilines is 1. The number of carbonyl (C=O) groups excluding carboxylic acids is 2. The highest BCUT2D eigenvalue weighted by Gasteiger charge is 2.38. The molecule has 3 rings (SSSR count). The van der Waals surface area contributed by atoms with Crippen molar-refractivity contribution in [3.63, 3.8) is 0 Å². The van der Waals surface area contributed by atoms with Crippen LogP contribution in [0.3, 0.4) is 0 Å². The number of amides is 2. The van der Waals surface area contributed by atoms with Crippen LogP contribution in [-0.4, -0.2) is 29.3 Å². The van der Waals surface area contributed by atoms with E-state index >= 15 is 0 Å². The summed E-state index contributed by atoms with van der Waals surface area (Å²) in [6.07, 6.45) is 1.68. The molecular formula is C13H14N2O2. The molecule has 1 fully saturated rings. The van der Waals surface area contributed by atoms with Gasteiger partial charge in [-0.1, -0.05) is 12.1 Å². The molecule has 0 unspecified atom stereocenters. The van der Waals surface area contributed by atoms with Gasteiger partial charge in [0.1, 0.15) is 6.04 Å². The second kappa shape index (κ2) is 3.58. The molecule has 0 aromatic heterocycles. The fourth-order valence-electron chi connectivity index (χ4n) is 2.70. The number of nitrogens with one attached hydrogen (secondary N) is 1. The summed E-state index contributed by atoms with van der Waals surface area (Å²) in [5.41, 5.74) is 2.21. The Morgan fingerprint density at radius 1 is 1.35 bits per heavy atom. The summed E-state index contributed by atoms with van der Waals surface area (Å²) < 4.78 is 0. The van der Waals surface area contributed by atoms with Crippen molar-refractivity contribution >= 4 is 17.5 Å². The number of aryl methyl sites for hydroxylation is 1. The molecule has 0 spiro atoms. The number of hydrogen-bond acceptors (Lipinski definition) is 2. The third-order valence-electron chi connectivity index (χ3n) is 3.56. The maximum absolute atomic E-state index is 12.4. The number of benzene rings is 1. The van der Waals surface area contributed by atoms with Crippen molar-refractivity contribution in [2.75, 3.05) is 11.9 Å². The Kier molecular flexibility index (Phi) is 2.18. The predicted molar refractivity (Wildman–Crippen MR) is 63.9 cm³/mol. The van der Waals surface area contributed by atoms with Gasteiger partial charge in [0, 0.05) is 6.54 Å². The van der Waals surface area contributed by atoms with Gasteiger partial charge in [0.05, 0.1) is 11.3 Å². The molecular weight excluding hydrogens is 216 g/mol. The SMILES string of the molecule is Cc1cccc2c1C(=O)N1CCC[C@H]1C(=O)N2. The zero-order valence-corrected chi connectivity index (χ0v) is 9.69. The second-order valence-electron chi connectivity index (χ2n) is 4.64. The number of nitrogens with zero attached hydrogens (tertiary/aromatic N) is 1. The van der Waals surface area contributed by atoms with Crippen LogP contribution in [0.5, 0.6) is 0 Å². The van der Waals surface area contributed by atoms with Crippen LogP contribution in [0.4, 0.5) is 5.69 Å². The molecule has 2 aliphatic rings. The predicted octanol–water partition coefficient (Wildman–Crippen LogP) is 1.55. The van der Waals surface area contributed by atoms with Gasteiger partial charge in [-0.3, -0.25) is 9.59 Å². The number of fused-ring (bicyclic) bond motifs is 2. The van der Waals surface area contributed by atoms with Gasteiger partial charge >= 0.3 is 0 Å². The van der Waals surface area contributed by atoms with E-state index in [-0.39, 0.29) is 17.9 Å². The van der Waals surface area contributed by atoms with E-state index < -0.39 is 0 Å². The Balaban J connectivity index is 2.16. The first-order valence-corrected chi connectivity index (χ1v) is 5.90. The van der Waals surface area contributed by atoms with Crippen molar-refractivity contribution in [3.05, 3.63) is 29.3 Å². The van der Waals surface area contributed by atoms with Crippen LogP contribution in [0, 0.1) is 6.92 Å². The Morgan fingerprint density at radius 2 is 2.18 bits per heavy atom. The molecule has 2 aliphatic heterocycles. The highest BCUT2D eigenvalue weighted by Crippen LogP contribution is 2.30. The number of carbonyl (C=O) groups is 2. The first-order chi connectivity index (χ1) is 8.18. The lowest BCUT2D eigenvalue weighted by molar-refractivity contribution is -0.119. The molecule has 0 aliphatic carbocycles. The molecule has 17 heavy (non-hydrogen) atoms. The van der Waals surface area contributed by atoms with Gasteiger partial charge in [-0.05, 0) is 31.4 Å². The summed E-state index contributed by atoms with van der Waals surface area (Å²) >= 11 is 0. The summed E-state index contributed by atoms with van der Waals surface area (Å²) in [7, 11) is 0. The minimum Gasteiger partial charge on any atom is -0.327 e. The highest BCUT2D eigenvalue weighted by molar-refractivity contribution is 6.10. The topological polar surface area (TPSA) is 49.4 Å². The summed E-state index contributed by atoms with van der Waals surface area (Å²) in [6.45, 7) is 2.59. The molecule has 1 aromatic carbocycles. The van der Waals surface area contributed by atoms with Crippen molar-refractivity contribution < 1.29 is 9.59 Å². The van der Waals surface area contributed by atoms with Crippen LogP contribution in [-0.2, 0) is 4.79 Å². The molecule has 1 N–H and O–H groups in total. The van der Waals surface area contributed by atoms with Gasteiger partial charge in [0.25, 0.3) is 5.91 Å².